The third-order valence-corrected chi connectivity index (χ3v) is 5.95. The van der Waals surface area contributed by atoms with Crippen LogP contribution in [0.25, 0.3) is 0 Å². The summed E-state index contributed by atoms with van der Waals surface area (Å²) in [6.45, 7) is 11.5. The van der Waals surface area contributed by atoms with E-state index < -0.39 is 0 Å². The Balaban J connectivity index is 1.74. The third kappa shape index (κ3) is 3.90. The number of imidazole rings is 1. The van der Waals surface area contributed by atoms with Crippen molar-refractivity contribution in [3.05, 3.63) is 17.2 Å². The Morgan fingerprint density at radius 3 is 2.56 bits per heavy atom. The molecule has 0 aromatic carbocycles. The molecule has 0 saturated carbocycles. The van der Waals surface area contributed by atoms with Crippen molar-refractivity contribution in [1.82, 2.24) is 24.3 Å². The molecule has 6 heteroatoms. The van der Waals surface area contributed by atoms with Crippen molar-refractivity contribution in [1.29, 1.82) is 0 Å². The van der Waals surface area contributed by atoms with Gasteiger partial charge in [-0.05, 0) is 60.8 Å². The Labute approximate surface area is 151 Å². The molecule has 1 saturated heterocycles. The summed E-state index contributed by atoms with van der Waals surface area (Å²) >= 11 is 0. The van der Waals surface area contributed by atoms with Crippen LogP contribution in [0.15, 0.2) is 0 Å². The highest BCUT2D eigenvalue weighted by Crippen LogP contribution is 2.32. The Morgan fingerprint density at radius 1 is 1.24 bits per heavy atom. The van der Waals surface area contributed by atoms with Crippen molar-refractivity contribution in [3.8, 4) is 0 Å². The highest BCUT2D eigenvalue weighted by molar-refractivity contribution is 5.78. The number of aromatic nitrogens is 2. The quantitative estimate of drug-likeness (QED) is 0.831. The molecule has 1 fully saturated rings. The number of nitrogens with zero attached hydrogens (tertiary/aromatic N) is 5. The monoisotopic (exact) mass is 347 g/mol. The van der Waals surface area contributed by atoms with Crippen LogP contribution < -0.4 is 0 Å². The van der Waals surface area contributed by atoms with Gasteiger partial charge in [0.15, 0.2) is 0 Å². The number of likely N-dealkylation sites (N-methyl/N-ethyl adjacent to an activating group) is 1. The number of rotatable bonds is 4. The Hall–Kier alpha value is -1.40. The average Bonchev–Trinajstić information content (AvgIpc) is 2.91. The van der Waals surface area contributed by atoms with Crippen LogP contribution in [0.1, 0.15) is 49.8 Å². The molecule has 6 nitrogen and oxygen atoms in total. The van der Waals surface area contributed by atoms with Crippen molar-refractivity contribution < 1.29 is 4.79 Å². The van der Waals surface area contributed by atoms with Crippen LogP contribution in [0.4, 0.5) is 0 Å². The topological polar surface area (TPSA) is 44.6 Å². The maximum Gasteiger partial charge on any atom is 0.237 e. The van der Waals surface area contributed by atoms with Gasteiger partial charge in [0.05, 0.1) is 24.5 Å². The Bertz CT molecular complexity index is 616. The van der Waals surface area contributed by atoms with Crippen molar-refractivity contribution in [2.45, 2.75) is 58.7 Å². The van der Waals surface area contributed by atoms with E-state index in [9.17, 15) is 4.79 Å². The van der Waals surface area contributed by atoms with E-state index in [1.165, 1.54) is 24.2 Å². The molecule has 0 spiro atoms. The van der Waals surface area contributed by atoms with E-state index in [0.29, 0.717) is 25.0 Å². The summed E-state index contributed by atoms with van der Waals surface area (Å²) in [7, 11) is 4.21. The highest BCUT2D eigenvalue weighted by Gasteiger charge is 2.30. The van der Waals surface area contributed by atoms with Crippen molar-refractivity contribution in [3.63, 3.8) is 0 Å². The molecule has 0 atom stereocenters. The van der Waals surface area contributed by atoms with Crippen LogP contribution in [0.5, 0.6) is 0 Å². The number of carbonyl (C=O) groups excluding carboxylic acids is 1. The number of hydrogen-bond acceptors (Lipinski definition) is 4. The summed E-state index contributed by atoms with van der Waals surface area (Å²) in [4.78, 5) is 24.2. The molecule has 0 N–H and O–H groups in total. The van der Waals surface area contributed by atoms with E-state index in [1.807, 2.05) is 11.9 Å². The largest absolute Gasteiger partial charge is 0.334 e. The van der Waals surface area contributed by atoms with Crippen LogP contribution in [-0.4, -0.2) is 76.5 Å². The number of carbonyl (C=O) groups is 1. The standard InChI is InChI=1S/C19H33N5O/c1-14(2)22(5)13-18(25)23-10-11-24-15(3)20-19(17(24)12-23)16-6-8-21(4)9-7-16/h14,16H,6-13H2,1-5H3. The molecule has 3 heterocycles. The first-order valence-corrected chi connectivity index (χ1v) is 9.59. The average molecular weight is 348 g/mol. The van der Waals surface area contributed by atoms with Crippen LogP contribution in [0.3, 0.4) is 0 Å². The fraction of sp³-hybridized carbons (Fsp3) is 0.789. The van der Waals surface area contributed by atoms with Crippen LogP contribution in [0, 0.1) is 6.92 Å². The number of amides is 1. The predicted octanol–water partition coefficient (Wildman–Crippen LogP) is 1.68. The molecule has 140 valence electrons. The number of hydrogen-bond donors (Lipinski definition) is 0. The second-order valence-corrected chi connectivity index (χ2v) is 8.04. The first kappa shape index (κ1) is 18.4. The molecule has 2 aliphatic heterocycles. The van der Waals surface area contributed by atoms with Gasteiger partial charge >= 0.3 is 0 Å². The van der Waals surface area contributed by atoms with Crippen LogP contribution in [-0.2, 0) is 17.9 Å². The molecule has 0 radical (unpaired) electrons. The molecule has 1 aromatic heterocycles. The molecule has 0 bridgehead atoms. The Kier molecular flexibility index (Phi) is 5.49. The van der Waals surface area contributed by atoms with Gasteiger partial charge in [0.1, 0.15) is 5.82 Å². The molecule has 1 amide bonds. The van der Waals surface area contributed by atoms with Gasteiger partial charge in [-0.1, -0.05) is 0 Å². The third-order valence-electron chi connectivity index (χ3n) is 5.95. The highest BCUT2D eigenvalue weighted by atomic mass is 16.2. The van der Waals surface area contributed by atoms with E-state index in [4.69, 9.17) is 4.98 Å². The van der Waals surface area contributed by atoms with Crippen molar-refractivity contribution >= 4 is 5.91 Å². The SMILES string of the molecule is Cc1nc(C2CCN(C)CC2)c2n1CCN(C(=O)CN(C)C(C)C)C2. The summed E-state index contributed by atoms with van der Waals surface area (Å²) in [6, 6.07) is 0.385. The fourth-order valence-corrected chi connectivity index (χ4v) is 3.89. The lowest BCUT2D eigenvalue weighted by molar-refractivity contribution is -0.134. The van der Waals surface area contributed by atoms with E-state index >= 15 is 0 Å². The summed E-state index contributed by atoms with van der Waals surface area (Å²) in [5.41, 5.74) is 2.53. The zero-order valence-electron chi connectivity index (χ0n) is 16.5. The molecule has 0 unspecified atom stereocenters. The fourth-order valence-electron chi connectivity index (χ4n) is 3.89. The van der Waals surface area contributed by atoms with E-state index in [0.717, 1.165) is 32.0 Å². The number of aryl methyl sites for hydroxylation is 1. The lowest BCUT2D eigenvalue weighted by Crippen LogP contribution is -2.44. The number of piperidine rings is 1. The molecule has 0 aliphatic carbocycles. The summed E-state index contributed by atoms with van der Waals surface area (Å²) in [6.07, 6.45) is 2.34. The normalized spacial score (nSPS) is 19.7. The lowest BCUT2D eigenvalue weighted by Gasteiger charge is -2.33. The maximum atomic E-state index is 12.7. The van der Waals surface area contributed by atoms with E-state index in [1.54, 1.807) is 0 Å². The van der Waals surface area contributed by atoms with Gasteiger partial charge in [-0.3, -0.25) is 9.69 Å². The first-order valence-electron chi connectivity index (χ1n) is 9.59. The molecular weight excluding hydrogens is 314 g/mol. The zero-order valence-corrected chi connectivity index (χ0v) is 16.5. The van der Waals surface area contributed by atoms with Gasteiger partial charge < -0.3 is 14.4 Å². The van der Waals surface area contributed by atoms with E-state index in [2.05, 4.69) is 42.2 Å². The molecule has 25 heavy (non-hydrogen) atoms. The van der Waals surface area contributed by atoms with Crippen LogP contribution >= 0.6 is 0 Å². The maximum absolute atomic E-state index is 12.7. The summed E-state index contributed by atoms with van der Waals surface area (Å²) in [5.74, 6) is 1.88. The first-order chi connectivity index (χ1) is 11.9. The minimum Gasteiger partial charge on any atom is -0.334 e. The van der Waals surface area contributed by atoms with Gasteiger partial charge in [0.2, 0.25) is 5.91 Å². The summed E-state index contributed by atoms with van der Waals surface area (Å²) in [5, 5.41) is 0. The van der Waals surface area contributed by atoms with Gasteiger partial charge in [-0.15, -0.1) is 0 Å². The molecule has 2 aliphatic rings. The minimum absolute atomic E-state index is 0.232. The van der Waals surface area contributed by atoms with Crippen LogP contribution in [0.2, 0.25) is 0 Å². The predicted molar refractivity (Wildman–Crippen MR) is 99.6 cm³/mol. The van der Waals surface area contributed by atoms with E-state index in [-0.39, 0.29) is 5.91 Å². The minimum atomic E-state index is 0.232. The van der Waals surface area contributed by atoms with Gasteiger partial charge in [-0.2, -0.15) is 0 Å². The Morgan fingerprint density at radius 2 is 1.92 bits per heavy atom. The molecule has 1 aromatic rings. The second-order valence-electron chi connectivity index (χ2n) is 8.04. The number of likely N-dealkylation sites (tertiary alicyclic amines) is 1. The lowest BCUT2D eigenvalue weighted by atomic mass is 9.92. The molecular formula is C19H33N5O. The smallest absolute Gasteiger partial charge is 0.237 e. The van der Waals surface area contributed by atoms with Gasteiger partial charge in [-0.25, -0.2) is 4.98 Å². The van der Waals surface area contributed by atoms with Crippen molar-refractivity contribution in [2.75, 3.05) is 40.3 Å². The van der Waals surface area contributed by atoms with Gasteiger partial charge in [0.25, 0.3) is 0 Å². The second kappa shape index (κ2) is 7.46. The zero-order chi connectivity index (χ0) is 18.1. The van der Waals surface area contributed by atoms with Crippen molar-refractivity contribution in [2.24, 2.45) is 0 Å². The molecule has 3 rings (SSSR count). The summed E-state index contributed by atoms with van der Waals surface area (Å²) < 4.78 is 2.34. The van der Waals surface area contributed by atoms with Gasteiger partial charge in [0, 0.05) is 25.0 Å². The number of fused-ring (bicyclic) bond motifs is 1.